The van der Waals surface area contributed by atoms with Gasteiger partial charge in [-0.2, -0.15) is 0 Å². The first-order valence-corrected chi connectivity index (χ1v) is 7.35. The van der Waals surface area contributed by atoms with E-state index in [1.165, 1.54) is 29.2 Å². The van der Waals surface area contributed by atoms with Crippen molar-refractivity contribution in [3.05, 3.63) is 71.0 Å². The van der Waals surface area contributed by atoms with E-state index >= 15 is 0 Å². The number of likely N-dealkylation sites (N-methyl/N-ethyl adjacent to an activating group) is 1. The Labute approximate surface area is 139 Å². The molecule has 0 radical (unpaired) electrons. The van der Waals surface area contributed by atoms with Gasteiger partial charge in [0.2, 0.25) is 0 Å². The molecule has 0 atom stereocenters. The number of hydrogen-bond acceptors (Lipinski definition) is 4. The molecule has 0 aromatic heterocycles. The van der Waals surface area contributed by atoms with E-state index in [1.807, 2.05) is 0 Å². The van der Waals surface area contributed by atoms with Crippen LogP contribution in [0, 0.1) is 5.82 Å². The van der Waals surface area contributed by atoms with Gasteiger partial charge in [-0.05, 0) is 35.4 Å². The molecule has 0 heterocycles. The summed E-state index contributed by atoms with van der Waals surface area (Å²) in [5.74, 6) is -1.31. The van der Waals surface area contributed by atoms with Crippen LogP contribution in [0.1, 0.15) is 21.5 Å². The average molecular weight is 331 g/mol. The van der Waals surface area contributed by atoms with Crippen molar-refractivity contribution in [3.8, 4) is 0 Å². The largest absolute Gasteiger partial charge is 0.452 e. The van der Waals surface area contributed by atoms with Crippen LogP contribution in [0.5, 0.6) is 0 Å². The standard InChI is InChI=1S/C18H18FNO4/c1-20(10-13-4-8-16(19)9-5-13)17(22)12-24-18(23)15-6-2-14(11-21)3-7-15/h2-9,21H,10-12H2,1H3. The van der Waals surface area contributed by atoms with E-state index in [-0.39, 0.29) is 24.9 Å². The number of benzene rings is 2. The summed E-state index contributed by atoms with van der Waals surface area (Å²) >= 11 is 0. The lowest BCUT2D eigenvalue weighted by molar-refractivity contribution is -0.133. The minimum atomic E-state index is -0.608. The Morgan fingerprint density at radius 2 is 1.62 bits per heavy atom. The topological polar surface area (TPSA) is 66.8 Å². The fourth-order valence-electron chi connectivity index (χ4n) is 2.02. The maximum absolute atomic E-state index is 12.8. The highest BCUT2D eigenvalue weighted by atomic mass is 19.1. The van der Waals surface area contributed by atoms with Crippen molar-refractivity contribution in [2.24, 2.45) is 0 Å². The Hall–Kier alpha value is -2.73. The summed E-state index contributed by atoms with van der Waals surface area (Å²) < 4.78 is 17.8. The minimum Gasteiger partial charge on any atom is -0.452 e. The minimum absolute atomic E-state index is 0.109. The second kappa shape index (κ2) is 8.21. The Bertz CT molecular complexity index is 698. The van der Waals surface area contributed by atoms with Crippen LogP contribution in [0.25, 0.3) is 0 Å². The highest BCUT2D eigenvalue weighted by Crippen LogP contribution is 2.08. The molecule has 0 unspecified atom stereocenters. The molecule has 5 nitrogen and oxygen atoms in total. The number of amides is 1. The van der Waals surface area contributed by atoms with E-state index in [0.717, 1.165) is 5.56 Å². The van der Waals surface area contributed by atoms with Gasteiger partial charge in [0, 0.05) is 13.6 Å². The van der Waals surface area contributed by atoms with E-state index in [2.05, 4.69) is 0 Å². The second-order valence-electron chi connectivity index (χ2n) is 5.31. The number of aliphatic hydroxyl groups excluding tert-OH is 1. The maximum atomic E-state index is 12.8. The lowest BCUT2D eigenvalue weighted by Crippen LogP contribution is -2.30. The number of rotatable bonds is 6. The molecule has 1 amide bonds. The highest BCUT2D eigenvalue weighted by Gasteiger charge is 2.14. The van der Waals surface area contributed by atoms with Gasteiger partial charge in [-0.25, -0.2) is 9.18 Å². The molecule has 2 aromatic carbocycles. The molecule has 0 spiro atoms. The molecular formula is C18H18FNO4. The third-order valence-electron chi connectivity index (χ3n) is 3.46. The fraction of sp³-hybridized carbons (Fsp3) is 0.222. The first-order valence-electron chi connectivity index (χ1n) is 7.35. The summed E-state index contributed by atoms with van der Waals surface area (Å²) in [6, 6.07) is 12.1. The molecule has 0 aliphatic heterocycles. The molecule has 0 saturated heterocycles. The van der Waals surface area contributed by atoms with Crippen molar-refractivity contribution in [3.63, 3.8) is 0 Å². The summed E-state index contributed by atoms with van der Waals surface area (Å²) in [7, 11) is 1.58. The van der Waals surface area contributed by atoms with Gasteiger partial charge in [0.25, 0.3) is 5.91 Å². The fourth-order valence-corrected chi connectivity index (χ4v) is 2.02. The zero-order valence-electron chi connectivity index (χ0n) is 13.2. The molecule has 0 aliphatic rings. The van der Waals surface area contributed by atoms with Crippen LogP contribution >= 0.6 is 0 Å². The second-order valence-corrected chi connectivity index (χ2v) is 5.31. The Kier molecular flexibility index (Phi) is 6.03. The molecule has 126 valence electrons. The van der Waals surface area contributed by atoms with Crippen LogP contribution in [0.2, 0.25) is 0 Å². The number of carbonyl (C=O) groups excluding carboxylic acids is 2. The molecule has 2 aromatic rings. The predicted octanol–water partition coefficient (Wildman–Crippen LogP) is 2.13. The van der Waals surface area contributed by atoms with Crippen LogP contribution in [0.4, 0.5) is 4.39 Å². The van der Waals surface area contributed by atoms with Crippen molar-refractivity contribution >= 4 is 11.9 Å². The number of nitrogens with zero attached hydrogens (tertiary/aromatic N) is 1. The molecule has 1 N–H and O–H groups in total. The number of aliphatic hydroxyl groups is 1. The van der Waals surface area contributed by atoms with Gasteiger partial charge in [0.1, 0.15) is 5.82 Å². The maximum Gasteiger partial charge on any atom is 0.338 e. The third-order valence-corrected chi connectivity index (χ3v) is 3.46. The molecule has 0 fully saturated rings. The highest BCUT2D eigenvalue weighted by molar-refractivity contribution is 5.91. The average Bonchev–Trinajstić information content (AvgIpc) is 2.61. The number of carbonyl (C=O) groups is 2. The lowest BCUT2D eigenvalue weighted by atomic mass is 10.1. The zero-order valence-corrected chi connectivity index (χ0v) is 13.2. The zero-order chi connectivity index (χ0) is 17.5. The molecule has 24 heavy (non-hydrogen) atoms. The first kappa shape index (κ1) is 17.6. The Balaban J connectivity index is 1.84. The SMILES string of the molecule is CN(Cc1ccc(F)cc1)C(=O)COC(=O)c1ccc(CO)cc1. The van der Waals surface area contributed by atoms with Gasteiger partial charge in [-0.15, -0.1) is 0 Å². The van der Waals surface area contributed by atoms with Crippen LogP contribution in [-0.4, -0.2) is 35.5 Å². The van der Waals surface area contributed by atoms with Crippen molar-refractivity contribution < 1.29 is 23.8 Å². The molecular weight excluding hydrogens is 313 g/mol. The molecule has 6 heteroatoms. The number of halogens is 1. The van der Waals surface area contributed by atoms with Crippen molar-refractivity contribution in [1.29, 1.82) is 0 Å². The van der Waals surface area contributed by atoms with Gasteiger partial charge in [-0.1, -0.05) is 24.3 Å². The Morgan fingerprint density at radius 1 is 1.04 bits per heavy atom. The van der Waals surface area contributed by atoms with Crippen LogP contribution < -0.4 is 0 Å². The van der Waals surface area contributed by atoms with Crippen molar-refractivity contribution in [2.45, 2.75) is 13.2 Å². The summed E-state index contributed by atoms with van der Waals surface area (Å²) in [4.78, 5) is 25.3. The van der Waals surface area contributed by atoms with Crippen molar-refractivity contribution in [2.75, 3.05) is 13.7 Å². The van der Waals surface area contributed by atoms with Crippen molar-refractivity contribution in [1.82, 2.24) is 4.90 Å². The number of esters is 1. The van der Waals surface area contributed by atoms with Crippen LogP contribution in [0.15, 0.2) is 48.5 Å². The van der Waals surface area contributed by atoms with Gasteiger partial charge in [0.05, 0.1) is 12.2 Å². The van der Waals surface area contributed by atoms with Gasteiger partial charge >= 0.3 is 5.97 Å². The molecule has 2 rings (SSSR count). The molecule has 0 saturated carbocycles. The normalized spacial score (nSPS) is 10.3. The predicted molar refractivity (Wildman–Crippen MR) is 85.5 cm³/mol. The van der Waals surface area contributed by atoms with Crippen LogP contribution in [-0.2, 0) is 22.7 Å². The number of ether oxygens (including phenoxy) is 1. The summed E-state index contributed by atoms with van der Waals surface area (Å²) in [6.45, 7) is -0.192. The summed E-state index contributed by atoms with van der Waals surface area (Å²) in [5, 5.41) is 8.95. The van der Waals surface area contributed by atoms with E-state index in [9.17, 15) is 14.0 Å². The lowest BCUT2D eigenvalue weighted by Gasteiger charge is -2.17. The van der Waals surface area contributed by atoms with Crippen LogP contribution in [0.3, 0.4) is 0 Å². The quantitative estimate of drug-likeness (QED) is 0.824. The first-order chi connectivity index (χ1) is 11.5. The van der Waals surface area contributed by atoms with E-state index in [0.29, 0.717) is 17.7 Å². The monoisotopic (exact) mass is 331 g/mol. The van der Waals surface area contributed by atoms with Gasteiger partial charge in [-0.3, -0.25) is 4.79 Å². The Morgan fingerprint density at radius 3 is 2.21 bits per heavy atom. The third kappa shape index (κ3) is 4.89. The van der Waals surface area contributed by atoms with E-state index in [1.54, 1.807) is 31.3 Å². The van der Waals surface area contributed by atoms with Gasteiger partial charge in [0.15, 0.2) is 6.61 Å². The van der Waals surface area contributed by atoms with E-state index < -0.39 is 5.97 Å². The summed E-state index contributed by atoms with van der Waals surface area (Å²) in [6.07, 6.45) is 0. The smallest absolute Gasteiger partial charge is 0.338 e. The molecule has 0 aliphatic carbocycles. The van der Waals surface area contributed by atoms with E-state index in [4.69, 9.17) is 9.84 Å². The number of hydrogen-bond donors (Lipinski definition) is 1. The molecule has 0 bridgehead atoms. The van der Waals surface area contributed by atoms with Gasteiger partial charge < -0.3 is 14.7 Å². The summed E-state index contributed by atoms with van der Waals surface area (Å²) in [5.41, 5.74) is 1.76.